The molecule has 2 N–H and O–H groups in total. The third kappa shape index (κ3) is 3.32. The Bertz CT molecular complexity index is 945. The number of likely N-dealkylation sites (tertiary alicyclic amines) is 1. The summed E-state index contributed by atoms with van der Waals surface area (Å²) in [6.45, 7) is 3.34. The SMILES string of the molecule is Cc1cnn(C)c1C(=O)N1CC2CCC(NC(=O)c3c[nH]ncc3=O)CC2C1. The lowest BCUT2D eigenvalue weighted by Gasteiger charge is -2.31. The molecule has 148 valence electrons. The highest BCUT2D eigenvalue weighted by Gasteiger charge is 2.40. The van der Waals surface area contributed by atoms with Gasteiger partial charge in [0.15, 0.2) is 0 Å². The summed E-state index contributed by atoms with van der Waals surface area (Å²) in [6, 6.07) is 0.00908. The van der Waals surface area contributed by atoms with Crippen LogP contribution < -0.4 is 10.7 Å². The second-order valence-electron chi connectivity index (χ2n) is 7.82. The summed E-state index contributed by atoms with van der Waals surface area (Å²) in [6.07, 6.45) is 6.76. The maximum Gasteiger partial charge on any atom is 0.272 e. The van der Waals surface area contributed by atoms with E-state index in [2.05, 4.69) is 20.6 Å². The summed E-state index contributed by atoms with van der Waals surface area (Å²) in [5.41, 5.74) is 1.21. The minimum atomic E-state index is -0.394. The van der Waals surface area contributed by atoms with E-state index in [-0.39, 0.29) is 23.4 Å². The molecular formula is C19H24N6O3. The molecule has 1 saturated heterocycles. The lowest BCUT2D eigenvalue weighted by molar-refractivity contribution is 0.0771. The summed E-state index contributed by atoms with van der Waals surface area (Å²) in [4.78, 5) is 39.0. The molecule has 9 nitrogen and oxygen atoms in total. The molecule has 28 heavy (non-hydrogen) atoms. The number of amides is 2. The predicted octanol–water partition coefficient (Wildman–Crippen LogP) is 0.483. The summed E-state index contributed by atoms with van der Waals surface area (Å²) in [5.74, 6) is 0.460. The fourth-order valence-electron chi connectivity index (χ4n) is 4.51. The molecule has 0 radical (unpaired) electrons. The summed E-state index contributed by atoms with van der Waals surface area (Å²) in [5, 5.41) is 13.3. The van der Waals surface area contributed by atoms with E-state index < -0.39 is 5.43 Å². The molecule has 2 aliphatic rings. The number of aromatic nitrogens is 4. The number of hydrogen-bond donors (Lipinski definition) is 2. The maximum absolute atomic E-state index is 12.9. The number of nitrogens with zero attached hydrogens (tertiary/aromatic N) is 4. The van der Waals surface area contributed by atoms with Crippen molar-refractivity contribution in [3.63, 3.8) is 0 Å². The van der Waals surface area contributed by atoms with Gasteiger partial charge in [0.05, 0.1) is 12.4 Å². The number of carbonyl (C=O) groups excluding carboxylic acids is 2. The highest BCUT2D eigenvalue weighted by molar-refractivity contribution is 5.94. The minimum Gasteiger partial charge on any atom is -0.349 e. The van der Waals surface area contributed by atoms with Crippen LogP contribution in [0.15, 0.2) is 23.4 Å². The summed E-state index contributed by atoms with van der Waals surface area (Å²) in [7, 11) is 1.79. The first-order valence-electron chi connectivity index (χ1n) is 9.56. The highest BCUT2D eigenvalue weighted by Crippen LogP contribution is 2.37. The number of H-pyrrole nitrogens is 1. The van der Waals surface area contributed by atoms with E-state index >= 15 is 0 Å². The molecule has 9 heteroatoms. The highest BCUT2D eigenvalue weighted by atomic mass is 16.2. The molecule has 0 bridgehead atoms. The van der Waals surface area contributed by atoms with Gasteiger partial charge in [0.2, 0.25) is 5.43 Å². The molecule has 2 fully saturated rings. The molecule has 0 spiro atoms. The molecule has 2 aromatic heterocycles. The van der Waals surface area contributed by atoms with Gasteiger partial charge in [0.1, 0.15) is 11.3 Å². The smallest absolute Gasteiger partial charge is 0.272 e. The standard InChI is InChI=1S/C19H24N6O3/c1-11-6-22-24(2)17(11)19(28)25-9-12-3-4-14(5-13(12)10-25)23-18(27)15-7-20-21-8-16(15)26/h6-8,12-14H,3-5,9-10H2,1-2H3,(H,20,26)(H,23,27). The number of fused-ring (bicyclic) bond motifs is 1. The van der Waals surface area contributed by atoms with E-state index in [1.165, 1.54) is 6.20 Å². The first kappa shape index (κ1) is 18.4. The fraction of sp³-hybridized carbons (Fsp3) is 0.526. The second kappa shape index (κ2) is 7.21. The zero-order valence-electron chi connectivity index (χ0n) is 16.0. The molecule has 1 saturated carbocycles. The van der Waals surface area contributed by atoms with Crippen LogP contribution in [0.3, 0.4) is 0 Å². The van der Waals surface area contributed by atoms with Gasteiger partial charge in [-0.25, -0.2) is 0 Å². The first-order valence-corrected chi connectivity index (χ1v) is 9.56. The van der Waals surface area contributed by atoms with E-state index in [0.717, 1.165) is 37.6 Å². The summed E-state index contributed by atoms with van der Waals surface area (Å²) < 4.78 is 1.63. The zero-order valence-corrected chi connectivity index (χ0v) is 16.0. The van der Waals surface area contributed by atoms with E-state index in [1.54, 1.807) is 17.9 Å². The minimum absolute atomic E-state index is 0.00908. The van der Waals surface area contributed by atoms with Gasteiger partial charge in [-0.05, 0) is 43.6 Å². The van der Waals surface area contributed by atoms with Gasteiger partial charge >= 0.3 is 0 Å². The van der Waals surface area contributed by atoms with Crippen molar-refractivity contribution in [2.45, 2.75) is 32.2 Å². The summed E-state index contributed by atoms with van der Waals surface area (Å²) >= 11 is 0. The Morgan fingerprint density at radius 3 is 2.71 bits per heavy atom. The monoisotopic (exact) mass is 384 g/mol. The number of aromatic amines is 1. The molecule has 0 aromatic carbocycles. The van der Waals surface area contributed by atoms with Gasteiger partial charge in [-0.15, -0.1) is 0 Å². The molecule has 3 atom stereocenters. The molecule has 3 heterocycles. The van der Waals surface area contributed by atoms with Gasteiger partial charge in [-0.1, -0.05) is 0 Å². The van der Waals surface area contributed by atoms with Crippen molar-refractivity contribution < 1.29 is 9.59 Å². The second-order valence-corrected chi connectivity index (χ2v) is 7.82. The maximum atomic E-state index is 12.9. The van der Waals surface area contributed by atoms with Crippen molar-refractivity contribution in [1.29, 1.82) is 0 Å². The number of nitrogens with one attached hydrogen (secondary N) is 2. The van der Waals surface area contributed by atoms with Crippen LogP contribution in [0.5, 0.6) is 0 Å². The van der Waals surface area contributed by atoms with Crippen LogP contribution in [-0.4, -0.2) is 55.8 Å². The van der Waals surface area contributed by atoms with E-state index in [1.807, 2.05) is 11.8 Å². The number of rotatable bonds is 3. The van der Waals surface area contributed by atoms with Crippen LogP contribution >= 0.6 is 0 Å². The molecule has 1 aliphatic heterocycles. The average Bonchev–Trinajstić information content (AvgIpc) is 3.24. The Morgan fingerprint density at radius 2 is 2.00 bits per heavy atom. The van der Waals surface area contributed by atoms with E-state index in [0.29, 0.717) is 24.1 Å². The van der Waals surface area contributed by atoms with Crippen LogP contribution in [0.1, 0.15) is 45.7 Å². The van der Waals surface area contributed by atoms with Gasteiger partial charge in [0, 0.05) is 32.4 Å². The largest absolute Gasteiger partial charge is 0.349 e. The first-order chi connectivity index (χ1) is 13.4. The molecule has 2 amide bonds. The number of carbonyl (C=O) groups is 2. The molecule has 3 unspecified atom stereocenters. The van der Waals surface area contributed by atoms with Crippen LogP contribution in [0, 0.1) is 18.8 Å². The van der Waals surface area contributed by atoms with Crippen LogP contribution in [0.2, 0.25) is 0 Å². The average molecular weight is 384 g/mol. The number of aryl methyl sites for hydroxylation is 2. The van der Waals surface area contributed by atoms with Gasteiger partial charge < -0.3 is 10.2 Å². The van der Waals surface area contributed by atoms with Gasteiger partial charge in [-0.2, -0.15) is 10.2 Å². The Labute approximate surface area is 162 Å². The van der Waals surface area contributed by atoms with Crippen LogP contribution in [-0.2, 0) is 7.05 Å². The van der Waals surface area contributed by atoms with Crippen molar-refractivity contribution in [2.75, 3.05) is 13.1 Å². The van der Waals surface area contributed by atoms with Crippen molar-refractivity contribution in [1.82, 2.24) is 30.2 Å². The topological polar surface area (TPSA) is 113 Å². The quantitative estimate of drug-likeness (QED) is 0.799. The van der Waals surface area contributed by atoms with Crippen LogP contribution in [0.25, 0.3) is 0 Å². The Balaban J connectivity index is 1.40. The lowest BCUT2D eigenvalue weighted by atomic mass is 9.79. The molecular weight excluding hydrogens is 360 g/mol. The van der Waals surface area contributed by atoms with Crippen molar-refractivity contribution in [3.8, 4) is 0 Å². The predicted molar refractivity (Wildman–Crippen MR) is 101 cm³/mol. The third-order valence-corrected chi connectivity index (χ3v) is 5.97. The Hall–Kier alpha value is -2.97. The van der Waals surface area contributed by atoms with E-state index in [9.17, 15) is 14.4 Å². The third-order valence-electron chi connectivity index (χ3n) is 5.97. The fourth-order valence-corrected chi connectivity index (χ4v) is 4.51. The van der Waals surface area contributed by atoms with Crippen molar-refractivity contribution in [3.05, 3.63) is 45.6 Å². The van der Waals surface area contributed by atoms with E-state index in [4.69, 9.17) is 0 Å². The van der Waals surface area contributed by atoms with Crippen molar-refractivity contribution in [2.24, 2.45) is 18.9 Å². The molecule has 2 aromatic rings. The lowest BCUT2D eigenvalue weighted by Crippen LogP contribution is -2.42. The van der Waals surface area contributed by atoms with Crippen molar-refractivity contribution >= 4 is 11.8 Å². The van der Waals surface area contributed by atoms with Crippen LogP contribution in [0.4, 0.5) is 0 Å². The Kier molecular flexibility index (Phi) is 4.74. The number of hydrogen-bond acceptors (Lipinski definition) is 5. The molecule has 4 rings (SSSR count). The molecule has 1 aliphatic carbocycles. The zero-order chi connectivity index (χ0) is 19.8. The van der Waals surface area contributed by atoms with Gasteiger partial charge in [-0.3, -0.25) is 24.2 Å². The normalized spacial score (nSPS) is 24.1. The van der Waals surface area contributed by atoms with Gasteiger partial charge in [0.25, 0.3) is 11.8 Å². The Morgan fingerprint density at radius 1 is 1.21 bits per heavy atom.